The van der Waals surface area contributed by atoms with E-state index in [4.69, 9.17) is 9.47 Å². The van der Waals surface area contributed by atoms with Gasteiger partial charge in [-0.25, -0.2) is 4.98 Å². The number of aromatic nitrogens is 1. The van der Waals surface area contributed by atoms with E-state index in [1.165, 1.54) is 0 Å². The first-order chi connectivity index (χ1) is 16.1. The number of carbonyl (C=O) groups is 2. The Morgan fingerprint density at radius 2 is 2.09 bits per heavy atom. The van der Waals surface area contributed by atoms with Gasteiger partial charge >= 0.3 is 5.97 Å². The minimum atomic E-state index is -0.576. The zero-order valence-electron chi connectivity index (χ0n) is 20.2. The van der Waals surface area contributed by atoms with Crippen LogP contribution in [0.3, 0.4) is 0 Å². The third kappa shape index (κ3) is 6.23. The molecular formula is C25H31N5O4. The van der Waals surface area contributed by atoms with E-state index in [2.05, 4.69) is 27.0 Å². The van der Waals surface area contributed by atoms with E-state index < -0.39 is 5.60 Å². The molecule has 34 heavy (non-hydrogen) atoms. The second-order valence-corrected chi connectivity index (χ2v) is 9.32. The minimum absolute atomic E-state index is 0.152. The van der Waals surface area contributed by atoms with Gasteiger partial charge in [0.25, 0.3) is 5.91 Å². The van der Waals surface area contributed by atoms with Crippen LogP contribution >= 0.6 is 0 Å². The molecule has 0 aliphatic carbocycles. The van der Waals surface area contributed by atoms with Gasteiger partial charge in [-0.3, -0.25) is 9.59 Å². The van der Waals surface area contributed by atoms with Gasteiger partial charge in [0.15, 0.2) is 0 Å². The third-order valence-electron chi connectivity index (χ3n) is 5.18. The second-order valence-electron chi connectivity index (χ2n) is 9.32. The number of anilines is 3. The van der Waals surface area contributed by atoms with Crippen molar-refractivity contribution in [2.24, 2.45) is 5.92 Å². The van der Waals surface area contributed by atoms with E-state index >= 15 is 0 Å². The van der Waals surface area contributed by atoms with Gasteiger partial charge in [0.1, 0.15) is 28.9 Å². The van der Waals surface area contributed by atoms with Gasteiger partial charge in [0.05, 0.1) is 18.6 Å². The molecule has 1 aliphatic heterocycles. The third-order valence-corrected chi connectivity index (χ3v) is 5.18. The molecule has 0 unspecified atom stereocenters. The number of carbonyl (C=O) groups excluding carboxylic acids is 2. The number of ether oxygens (including phenoxy) is 2. The van der Waals surface area contributed by atoms with Gasteiger partial charge in [-0.2, -0.15) is 5.26 Å². The number of aryl methyl sites for hydroxylation is 1. The number of benzene rings is 1. The van der Waals surface area contributed by atoms with Crippen molar-refractivity contribution in [1.82, 2.24) is 10.3 Å². The Morgan fingerprint density at radius 3 is 2.74 bits per heavy atom. The van der Waals surface area contributed by atoms with Crippen LogP contribution in [0.15, 0.2) is 24.3 Å². The summed E-state index contributed by atoms with van der Waals surface area (Å²) in [5.74, 6) is -0.0848. The van der Waals surface area contributed by atoms with Gasteiger partial charge < -0.3 is 25.4 Å². The highest BCUT2D eigenvalue weighted by Gasteiger charge is 2.30. The number of fused-ring (bicyclic) bond motifs is 1. The zero-order chi connectivity index (χ0) is 24.9. The lowest BCUT2D eigenvalue weighted by Gasteiger charge is -2.23. The number of hydrogen-bond donors (Lipinski definition) is 3. The topological polar surface area (TPSA) is 125 Å². The van der Waals surface area contributed by atoms with Crippen molar-refractivity contribution in [3.05, 3.63) is 46.5 Å². The fraction of sp³-hybridized carbons (Fsp3) is 0.440. The number of esters is 1. The van der Waals surface area contributed by atoms with Crippen LogP contribution in [-0.4, -0.2) is 42.7 Å². The summed E-state index contributed by atoms with van der Waals surface area (Å²) in [7, 11) is 1.57. The monoisotopic (exact) mass is 465 g/mol. The van der Waals surface area contributed by atoms with Crippen molar-refractivity contribution in [1.29, 1.82) is 5.26 Å². The van der Waals surface area contributed by atoms with E-state index in [9.17, 15) is 14.9 Å². The van der Waals surface area contributed by atoms with E-state index in [0.717, 1.165) is 11.3 Å². The van der Waals surface area contributed by atoms with Gasteiger partial charge in [0.2, 0.25) is 0 Å². The first-order valence-corrected chi connectivity index (χ1v) is 11.1. The maximum Gasteiger partial charge on any atom is 0.306 e. The van der Waals surface area contributed by atoms with Crippen molar-refractivity contribution >= 4 is 29.2 Å². The molecule has 3 N–H and O–H groups in total. The molecule has 2 heterocycles. The summed E-state index contributed by atoms with van der Waals surface area (Å²) >= 11 is 0. The number of nitrogens with zero attached hydrogens (tertiary/aromatic N) is 2. The Labute approximate surface area is 199 Å². The molecule has 0 saturated heterocycles. The number of nitriles is 1. The first-order valence-electron chi connectivity index (χ1n) is 11.1. The number of pyridine rings is 1. The largest absolute Gasteiger partial charge is 0.460 e. The van der Waals surface area contributed by atoms with Crippen LogP contribution < -0.4 is 16.0 Å². The fourth-order valence-corrected chi connectivity index (χ4v) is 3.80. The average Bonchev–Trinajstić information content (AvgIpc) is 3.12. The summed E-state index contributed by atoms with van der Waals surface area (Å²) in [5, 5.41) is 19.0. The molecule has 0 saturated carbocycles. The lowest BCUT2D eigenvalue weighted by atomic mass is 10.0. The molecule has 1 aromatic carbocycles. The molecule has 0 spiro atoms. The van der Waals surface area contributed by atoms with E-state index in [1.807, 2.05) is 52.0 Å². The molecule has 1 aliphatic rings. The summed E-state index contributed by atoms with van der Waals surface area (Å²) < 4.78 is 10.7. The molecule has 0 bridgehead atoms. The van der Waals surface area contributed by atoms with E-state index in [1.54, 1.807) is 7.11 Å². The maximum atomic E-state index is 12.5. The summed E-state index contributed by atoms with van der Waals surface area (Å²) in [6.45, 7) is 8.34. The van der Waals surface area contributed by atoms with Crippen LogP contribution in [-0.2, 0) is 20.8 Å². The number of nitrogens with one attached hydrogen (secondary N) is 3. The van der Waals surface area contributed by atoms with Crippen LogP contribution in [0.4, 0.5) is 17.3 Å². The predicted molar refractivity (Wildman–Crippen MR) is 129 cm³/mol. The highest BCUT2D eigenvalue weighted by molar-refractivity contribution is 6.04. The Morgan fingerprint density at radius 1 is 1.32 bits per heavy atom. The average molecular weight is 466 g/mol. The van der Waals surface area contributed by atoms with Crippen LogP contribution in [0.5, 0.6) is 0 Å². The highest BCUT2D eigenvalue weighted by atomic mass is 16.6. The van der Waals surface area contributed by atoms with Gasteiger partial charge in [-0.15, -0.1) is 0 Å². The number of amides is 1. The predicted octanol–water partition coefficient (Wildman–Crippen LogP) is 3.66. The smallest absolute Gasteiger partial charge is 0.306 e. The molecule has 1 atom stereocenters. The van der Waals surface area contributed by atoms with Crippen molar-refractivity contribution in [3.8, 4) is 6.07 Å². The molecule has 2 aromatic rings. The number of methoxy groups -OCH3 is 1. The molecule has 1 aromatic heterocycles. The Kier molecular flexibility index (Phi) is 7.74. The zero-order valence-corrected chi connectivity index (χ0v) is 20.2. The number of rotatable bonds is 9. The summed E-state index contributed by atoms with van der Waals surface area (Å²) in [4.78, 5) is 29.4. The Balaban J connectivity index is 1.87. The molecule has 180 valence electrons. The molecule has 9 heteroatoms. The van der Waals surface area contributed by atoms with Crippen molar-refractivity contribution in [2.45, 2.75) is 46.3 Å². The second kappa shape index (κ2) is 10.5. The SMILES string of the molecule is COC[C@@H](CNc1nc(Nc2cccc(C)c2)c2c(c1C#N)CNC2=O)CC(=O)OC(C)(C)C. The van der Waals surface area contributed by atoms with Crippen molar-refractivity contribution < 1.29 is 19.1 Å². The molecular weight excluding hydrogens is 434 g/mol. The van der Waals surface area contributed by atoms with Gasteiger partial charge in [0, 0.05) is 37.4 Å². The summed E-state index contributed by atoms with van der Waals surface area (Å²) in [6, 6.07) is 9.89. The molecule has 3 rings (SSSR count). The van der Waals surface area contributed by atoms with Crippen molar-refractivity contribution in [2.75, 3.05) is 30.9 Å². The van der Waals surface area contributed by atoms with Gasteiger partial charge in [-0.05, 0) is 45.4 Å². The Bertz CT molecular complexity index is 1120. The molecule has 0 radical (unpaired) electrons. The van der Waals surface area contributed by atoms with E-state index in [-0.39, 0.29) is 30.8 Å². The standard InChI is InChI=1S/C25H31N5O4/c1-15-7-6-8-17(9-15)29-23-21-19(13-28-24(21)32)18(11-26)22(30-23)27-12-16(14-33-5)10-20(31)34-25(2,3)4/h6-9,16H,10,12-14H2,1-5H3,(H,28,32)(H2,27,29,30)/t16-/m1/s1. The maximum absolute atomic E-state index is 12.5. The van der Waals surface area contributed by atoms with Crippen LogP contribution in [0.2, 0.25) is 0 Å². The summed E-state index contributed by atoms with van der Waals surface area (Å²) in [6.07, 6.45) is 0.152. The molecule has 9 nitrogen and oxygen atoms in total. The van der Waals surface area contributed by atoms with E-state index in [0.29, 0.717) is 41.5 Å². The van der Waals surface area contributed by atoms with Crippen LogP contribution in [0.25, 0.3) is 0 Å². The van der Waals surface area contributed by atoms with Crippen LogP contribution in [0.1, 0.15) is 54.2 Å². The number of hydrogen-bond acceptors (Lipinski definition) is 8. The summed E-state index contributed by atoms with van der Waals surface area (Å²) in [5.41, 5.74) is 2.53. The fourth-order valence-electron chi connectivity index (χ4n) is 3.80. The highest BCUT2D eigenvalue weighted by Crippen LogP contribution is 2.32. The van der Waals surface area contributed by atoms with Crippen molar-refractivity contribution in [3.63, 3.8) is 0 Å². The lowest BCUT2D eigenvalue weighted by Crippen LogP contribution is -2.29. The van der Waals surface area contributed by atoms with Crippen LogP contribution in [0, 0.1) is 24.2 Å². The minimum Gasteiger partial charge on any atom is -0.460 e. The first kappa shape index (κ1) is 25.0. The molecule has 1 amide bonds. The molecule has 0 fully saturated rings. The lowest BCUT2D eigenvalue weighted by molar-refractivity contribution is -0.156. The normalized spacial score (nSPS) is 13.5. The van der Waals surface area contributed by atoms with Gasteiger partial charge in [-0.1, -0.05) is 12.1 Å². The Hall–Kier alpha value is -3.64. The quantitative estimate of drug-likeness (QED) is 0.479.